The van der Waals surface area contributed by atoms with Crippen molar-refractivity contribution in [3.63, 3.8) is 0 Å². The first-order chi connectivity index (χ1) is 11.9. The molecule has 0 radical (unpaired) electrons. The number of carbonyl (C=O) groups is 2. The lowest BCUT2D eigenvalue weighted by atomic mass is 9.82. The molecule has 7 nitrogen and oxygen atoms in total. The van der Waals surface area contributed by atoms with Gasteiger partial charge in [0.05, 0.1) is 11.6 Å². The van der Waals surface area contributed by atoms with Gasteiger partial charge in [0, 0.05) is 13.1 Å². The molecule has 0 unspecified atom stereocenters. The van der Waals surface area contributed by atoms with Crippen LogP contribution in [0.1, 0.15) is 58.6 Å². The molecule has 2 heterocycles. The normalized spacial score (nSPS) is 21.1. The minimum Gasteiger partial charge on any atom is -0.350 e. The van der Waals surface area contributed by atoms with Crippen molar-refractivity contribution in [2.45, 2.75) is 59.5 Å². The van der Waals surface area contributed by atoms with Crippen LogP contribution in [0.15, 0.2) is 6.33 Å². The van der Waals surface area contributed by atoms with E-state index in [0.29, 0.717) is 13.1 Å². The van der Waals surface area contributed by atoms with Crippen molar-refractivity contribution in [1.82, 2.24) is 25.0 Å². The fourth-order valence-electron chi connectivity index (χ4n) is 3.27. The number of nitrogens with zero attached hydrogens (tertiary/aromatic N) is 4. The number of nitrogens with one attached hydrogen (secondary N) is 1. The molecule has 8 heteroatoms. The number of aromatic nitrogens is 3. The van der Waals surface area contributed by atoms with Gasteiger partial charge < -0.3 is 10.2 Å². The summed E-state index contributed by atoms with van der Waals surface area (Å²) in [5, 5.41) is 7.29. The Morgan fingerprint density at radius 3 is 2.38 bits per heavy atom. The van der Waals surface area contributed by atoms with Crippen molar-refractivity contribution in [3.05, 3.63) is 12.2 Å². The number of likely N-dealkylation sites (tertiary alicyclic amines) is 1. The molecule has 1 aromatic heterocycles. The number of alkyl halides is 1. The van der Waals surface area contributed by atoms with E-state index in [1.54, 1.807) is 15.9 Å². The van der Waals surface area contributed by atoms with E-state index in [2.05, 4.69) is 36.2 Å². The van der Waals surface area contributed by atoms with Gasteiger partial charge in [-0.15, -0.1) is 16.7 Å². The van der Waals surface area contributed by atoms with Crippen molar-refractivity contribution < 1.29 is 9.59 Å². The van der Waals surface area contributed by atoms with Crippen LogP contribution in [0.25, 0.3) is 0 Å². The van der Waals surface area contributed by atoms with Crippen LogP contribution in [0.4, 0.5) is 0 Å². The van der Waals surface area contributed by atoms with Crippen molar-refractivity contribution in [3.8, 4) is 0 Å². The van der Waals surface area contributed by atoms with E-state index in [4.69, 9.17) is 11.6 Å². The van der Waals surface area contributed by atoms with Crippen molar-refractivity contribution >= 4 is 23.4 Å². The molecular weight excluding hydrogens is 354 g/mol. The van der Waals surface area contributed by atoms with Crippen LogP contribution in [0.5, 0.6) is 0 Å². The summed E-state index contributed by atoms with van der Waals surface area (Å²) in [4.78, 5) is 30.5. The maximum atomic E-state index is 12.8. The number of hydrogen-bond acceptors (Lipinski definition) is 4. The molecule has 0 aliphatic carbocycles. The number of carbonyl (C=O) groups excluding carboxylic acids is 2. The van der Waals surface area contributed by atoms with Crippen LogP contribution >= 0.6 is 11.6 Å². The van der Waals surface area contributed by atoms with E-state index in [1.807, 2.05) is 20.8 Å². The second kappa shape index (κ2) is 7.55. The highest BCUT2D eigenvalue weighted by Gasteiger charge is 2.39. The molecule has 1 saturated heterocycles. The Kier molecular flexibility index (Phi) is 6.00. The maximum absolute atomic E-state index is 12.8. The Morgan fingerprint density at radius 1 is 1.23 bits per heavy atom. The zero-order valence-corrected chi connectivity index (χ0v) is 17.3. The van der Waals surface area contributed by atoms with E-state index >= 15 is 0 Å². The lowest BCUT2D eigenvalue weighted by Crippen LogP contribution is -2.42. The topological polar surface area (TPSA) is 80.1 Å². The first kappa shape index (κ1) is 20.7. The van der Waals surface area contributed by atoms with Gasteiger partial charge in [0.15, 0.2) is 0 Å². The monoisotopic (exact) mass is 383 g/mol. The molecule has 1 N–H and O–H groups in total. The van der Waals surface area contributed by atoms with Crippen molar-refractivity contribution in [2.24, 2.45) is 11.3 Å². The lowest BCUT2D eigenvalue weighted by Gasteiger charge is -2.26. The highest BCUT2D eigenvalue weighted by atomic mass is 35.5. The SMILES string of the molecule is CC(C)(C)C[C@@H]1CN(C(=O)c2ncn(C(C)(C)C)n2)C[C@H]1NC(=O)CCl. The smallest absolute Gasteiger partial charge is 0.293 e. The predicted molar refractivity (Wildman–Crippen MR) is 101 cm³/mol. The van der Waals surface area contributed by atoms with Crippen LogP contribution in [0.3, 0.4) is 0 Å². The van der Waals surface area contributed by atoms with Gasteiger partial charge in [0.25, 0.3) is 5.91 Å². The summed E-state index contributed by atoms with van der Waals surface area (Å²) in [5.41, 5.74) is -0.137. The fourth-order valence-corrected chi connectivity index (χ4v) is 3.34. The Hall–Kier alpha value is -1.63. The molecule has 0 saturated carbocycles. The molecule has 0 aromatic carbocycles. The molecule has 1 fully saturated rings. The Balaban J connectivity index is 2.15. The summed E-state index contributed by atoms with van der Waals surface area (Å²) < 4.78 is 1.69. The summed E-state index contributed by atoms with van der Waals surface area (Å²) in [5.74, 6) is -0.117. The van der Waals surface area contributed by atoms with E-state index in [-0.39, 0.29) is 46.4 Å². The average molecular weight is 384 g/mol. The Labute approximate surface area is 160 Å². The molecule has 146 valence electrons. The number of hydrogen-bond donors (Lipinski definition) is 1. The number of rotatable bonds is 4. The van der Waals surface area contributed by atoms with E-state index in [9.17, 15) is 9.59 Å². The molecule has 2 atom stereocenters. The molecule has 2 amide bonds. The van der Waals surface area contributed by atoms with E-state index < -0.39 is 0 Å². The van der Waals surface area contributed by atoms with Crippen LogP contribution in [-0.4, -0.2) is 56.5 Å². The first-order valence-corrected chi connectivity index (χ1v) is 9.51. The third-order valence-corrected chi connectivity index (χ3v) is 4.68. The van der Waals surface area contributed by atoms with Gasteiger partial charge in [-0.1, -0.05) is 20.8 Å². The van der Waals surface area contributed by atoms with Crippen LogP contribution in [-0.2, 0) is 10.3 Å². The van der Waals surface area contributed by atoms with Gasteiger partial charge in [-0.25, -0.2) is 9.67 Å². The predicted octanol–water partition coefficient (Wildman–Crippen LogP) is 2.26. The third-order valence-electron chi connectivity index (χ3n) is 4.44. The van der Waals surface area contributed by atoms with E-state index in [1.165, 1.54) is 0 Å². The fraction of sp³-hybridized carbons (Fsp3) is 0.778. The van der Waals surface area contributed by atoms with Crippen LogP contribution < -0.4 is 5.32 Å². The molecular formula is C18H30ClN5O2. The summed E-state index contributed by atoms with van der Waals surface area (Å²) in [7, 11) is 0. The Morgan fingerprint density at radius 2 is 1.88 bits per heavy atom. The highest BCUT2D eigenvalue weighted by molar-refractivity contribution is 6.27. The number of amides is 2. The second-order valence-corrected chi connectivity index (χ2v) is 9.49. The molecule has 1 aromatic rings. The van der Waals surface area contributed by atoms with Gasteiger partial charge in [-0.3, -0.25) is 9.59 Å². The summed E-state index contributed by atoms with van der Waals surface area (Å²) in [6.07, 6.45) is 2.48. The second-order valence-electron chi connectivity index (χ2n) is 9.23. The Bertz CT molecular complexity index is 659. The quantitative estimate of drug-likeness (QED) is 0.809. The average Bonchev–Trinajstić information content (AvgIpc) is 3.12. The molecule has 0 spiro atoms. The van der Waals surface area contributed by atoms with E-state index in [0.717, 1.165) is 6.42 Å². The first-order valence-electron chi connectivity index (χ1n) is 8.97. The largest absolute Gasteiger partial charge is 0.350 e. The van der Waals surface area contributed by atoms with Gasteiger partial charge in [-0.05, 0) is 38.5 Å². The van der Waals surface area contributed by atoms with Gasteiger partial charge in [0.1, 0.15) is 12.2 Å². The summed E-state index contributed by atoms with van der Waals surface area (Å²) in [6, 6.07) is -0.103. The molecule has 1 aliphatic rings. The summed E-state index contributed by atoms with van der Waals surface area (Å²) in [6.45, 7) is 13.5. The zero-order valence-electron chi connectivity index (χ0n) is 16.5. The minimum absolute atomic E-state index is 0.0791. The van der Waals surface area contributed by atoms with Crippen LogP contribution in [0, 0.1) is 11.3 Å². The summed E-state index contributed by atoms with van der Waals surface area (Å²) >= 11 is 5.64. The van der Waals surface area contributed by atoms with Crippen LogP contribution in [0.2, 0.25) is 0 Å². The lowest BCUT2D eigenvalue weighted by molar-refractivity contribution is -0.119. The number of halogens is 1. The van der Waals surface area contributed by atoms with Crippen molar-refractivity contribution in [1.29, 1.82) is 0 Å². The van der Waals surface area contributed by atoms with Crippen molar-refractivity contribution in [2.75, 3.05) is 19.0 Å². The van der Waals surface area contributed by atoms with Gasteiger partial charge >= 0.3 is 0 Å². The molecule has 2 rings (SSSR count). The molecule has 0 bridgehead atoms. The minimum atomic E-state index is -0.234. The standard InChI is InChI=1S/C18H30ClN5O2/c1-17(2,3)7-12-9-23(10-13(12)21-14(25)8-19)16(26)15-20-11-24(22-15)18(4,5)6/h11-13H,7-10H2,1-6H3,(H,21,25)/t12-,13-/m1/s1. The zero-order chi connectivity index (χ0) is 19.7. The third kappa shape index (κ3) is 5.19. The molecule has 26 heavy (non-hydrogen) atoms. The molecule has 1 aliphatic heterocycles. The van der Waals surface area contributed by atoms with Gasteiger partial charge in [-0.2, -0.15) is 0 Å². The maximum Gasteiger partial charge on any atom is 0.293 e. The highest BCUT2D eigenvalue weighted by Crippen LogP contribution is 2.31. The van der Waals surface area contributed by atoms with Gasteiger partial charge in [0.2, 0.25) is 11.7 Å².